The Morgan fingerprint density at radius 3 is 2.94 bits per heavy atom. The Kier molecular flexibility index (Phi) is 6.03. The SMILES string of the molecule is CC1=C(C)CC(C2=CC(C)C/C(=C(\C=N)C(=O)N3CCc4nc[nH]c4C3)C=C2)=CC=C1. The van der Waals surface area contributed by atoms with Crippen LogP contribution in [0.4, 0.5) is 0 Å². The van der Waals surface area contributed by atoms with Gasteiger partial charge in [-0.15, -0.1) is 0 Å². The highest BCUT2D eigenvalue weighted by Crippen LogP contribution is 2.31. The molecule has 0 fully saturated rings. The molecule has 1 amide bonds. The molecule has 1 aromatic heterocycles. The van der Waals surface area contributed by atoms with Gasteiger partial charge >= 0.3 is 0 Å². The molecule has 1 aliphatic heterocycles. The summed E-state index contributed by atoms with van der Waals surface area (Å²) in [7, 11) is 0. The number of aromatic amines is 1. The lowest BCUT2D eigenvalue weighted by Crippen LogP contribution is -2.37. The largest absolute Gasteiger partial charge is 0.347 e. The van der Waals surface area contributed by atoms with Crippen LogP contribution >= 0.6 is 0 Å². The van der Waals surface area contributed by atoms with Crippen LogP contribution in [0.2, 0.25) is 0 Å². The van der Waals surface area contributed by atoms with Crippen molar-refractivity contribution in [3.05, 3.63) is 87.6 Å². The number of hydrogen-bond acceptors (Lipinski definition) is 3. The average molecular weight is 415 g/mol. The first-order chi connectivity index (χ1) is 15.0. The first-order valence-electron chi connectivity index (χ1n) is 10.9. The van der Waals surface area contributed by atoms with Crippen molar-refractivity contribution in [1.82, 2.24) is 14.9 Å². The molecular weight excluding hydrogens is 384 g/mol. The minimum Gasteiger partial charge on any atom is -0.347 e. The molecule has 31 heavy (non-hydrogen) atoms. The first kappa shape index (κ1) is 21.0. The molecule has 0 saturated carbocycles. The van der Waals surface area contributed by atoms with Crippen LogP contribution in [0.3, 0.4) is 0 Å². The maximum absolute atomic E-state index is 13.3. The van der Waals surface area contributed by atoms with Crippen LogP contribution in [-0.2, 0) is 17.8 Å². The number of rotatable bonds is 3. The highest BCUT2D eigenvalue weighted by atomic mass is 16.2. The Morgan fingerprint density at radius 2 is 2.13 bits per heavy atom. The van der Waals surface area contributed by atoms with Gasteiger partial charge in [-0.05, 0) is 49.3 Å². The van der Waals surface area contributed by atoms with E-state index in [0.717, 1.165) is 36.2 Å². The predicted molar refractivity (Wildman–Crippen MR) is 125 cm³/mol. The fourth-order valence-corrected chi connectivity index (χ4v) is 4.42. The molecule has 2 N–H and O–H groups in total. The summed E-state index contributed by atoms with van der Waals surface area (Å²) >= 11 is 0. The Labute approximate surface area is 184 Å². The standard InChI is InChI=1S/C26H30N4O/c1-17-11-21(20-6-4-5-18(2)19(3)13-20)7-8-22(12-17)23(14-27)26(31)30-10-9-24-25(15-30)29-16-28-24/h4-8,11,14,16-17,27H,9-10,12-13,15H2,1-3H3,(H,28,29)/b23-22+,27-14?. The summed E-state index contributed by atoms with van der Waals surface area (Å²) < 4.78 is 0. The first-order valence-corrected chi connectivity index (χ1v) is 10.9. The summed E-state index contributed by atoms with van der Waals surface area (Å²) in [5.41, 5.74) is 8.64. The van der Waals surface area contributed by atoms with Gasteiger partial charge in [-0.25, -0.2) is 4.98 Å². The topological polar surface area (TPSA) is 72.8 Å². The molecule has 0 spiro atoms. The Hall–Kier alpha value is -3.21. The molecule has 3 aliphatic rings. The van der Waals surface area contributed by atoms with E-state index >= 15 is 0 Å². The maximum Gasteiger partial charge on any atom is 0.256 e. The number of nitrogens with one attached hydrogen (secondary N) is 2. The summed E-state index contributed by atoms with van der Waals surface area (Å²) in [6.45, 7) is 7.67. The summed E-state index contributed by atoms with van der Waals surface area (Å²) in [5, 5.41) is 7.99. The third-order valence-electron chi connectivity index (χ3n) is 6.40. The molecule has 0 bridgehead atoms. The second-order valence-electron chi connectivity index (χ2n) is 8.72. The van der Waals surface area contributed by atoms with Gasteiger partial charge in [0.2, 0.25) is 0 Å². The third-order valence-corrected chi connectivity index (χ3v) is 6.40. The van der Waals surface area contributed by atoms with E-state index in [4.69, 9.17) is 5.41 Å². The summed E-state index contributed by atoms with van der Waals surface area (Å²) in [4.78, 5) is 22.6. The third kappa shape index (κ3) is 4.46. The number of carbonyl (C=O) groups excluding carboxylic acids is 1. The van der Waals surface area contributed by atoms with Gasteiger partial charge in [0.05, 0.1) is 29.8 Å². The van der Waals surface area contributed by atoms with Crippen LogP contribution < -0.4 is 0 Å². The molecule has 4 rings (SSSR count). The Bertz CT molecular complexity index is 1090. The fraction of sp³-hybridized carbons (Fsp3) is 0.346. The van der Waals surface area contributed by atoms with Crippen molar-refractivity contribution in [3.8, 4) is 0 Å². The molecule has 2 aliphatic carbocycles. The van der Waals surface area contributed by atoms with Crippen molar-refractivity contribution in [2.24, 2.45) is 5.92 Å². The fourth-order valence-electron chi connectivity index (χ4n) is 4.42. The monoisotopic (exact) mass is 414 g/mol. The van der Waals surface area contributed by atoms with Gasteiger partial charge in [0.25, 0.3) is 5.91 Å². The van der Waals surface area contributed by atoms with Gasteiger partial charge in [-0.2, -0.15) is 0 Å². The number of amides is 1. The molecule has 1 aromatic rings. The van der Waals surface area contributed by atoms with Crippen LogP contribution in [0.5, 0.6) is 0 Å². The van der Waals surface area contributed by atoms with E-state index in [2.05, 4.69) is 61.1 Å². The molecule has 0 saturated heterocycles. The van der Waals surface area contributed by atoms with Crippen LogP contribution in [0.25, 0.3) is 0 Å². The van der Waals surface area contributed by atoms with Crippen molar-refractivity contribution < 1.29 is 4.79 Å². The predicted octanol–water partition coefficient (Wildman–Crippen LogP) is 4.99. The van der Waals surface area contributed by atoms with Crippen LogP contribution in [0.1, 0.15) is 45.0 Å². The molecule has 5 heteroatoms. The lowest BCUT2D eigenvalue weighted by atomic mass is 9.94. The number of imidazole rings is 1. The maximum atomic E-state index is 13.3. The second kappa shape index (κ2) is 8.88. The highest BCUT2D eigenvalue weighted by Gasteiger charge is 2.26. The van der Waals surface area contributed by atoms with E-state index in [1.165, 1.54) is 28.5 Å². The van der Waals surface area contributed by atoms with Gasteiger partial charge in [-0.3, -0.25) is 4.79 Å². The van der Waals surface area contributed by atoms with Gasteiger partial charge in [0.15, 0.2) is 0 Å². The number of aromatic nitrogens is 2. The van der Waals surface area contributed by atoms with E-state index in [9.17, 15) is 4.79 Å². The zero-order chi connectivity index (χ0) is 22.0. The number of allylic oxidation sites excluding steroid dienone is 11. The molecule has 1 unspecified atom stereocenters. The molecule has 5 nitrogen and oxygen atoms in total. The lowest BCUT2D eigenvalue weighted by molar-refractivity contribution is -0.127. The zero-order valence-corrected chi connectivity index (χ0v) is 18.5. The number of nitrogens with zero attached hydrogens (tertiary/aromatic N) is 2. The van der Waals surface area contributed by atoms with E-state index < -0.39 is 0 Å². The van der Waals surface area contributed by atoms with Crippen molar-refractivity contribution in [3.63, 3.8) is 0 Å². The van der Waals surface area contributed by atoms with E-state index in [0.29, 0.717) is 18.7 Å². The van der Waals surface area contributed by atoms with E-state index in [-0.39, 0.29) is 11.8 Å². The van der Waals surface area contributed by atoms with Crippen molar-refractivity contribution in [2.75, 3.05) is 6.54 Å². The van der Waals surface area contributed by atoms with Crippen LogP contribution in [-0.4, -0.2) is 33.5 Å². The minimum atomic E-state index is -0.0726. The second-order valence-corrected chi connectivity index (χ2v) is 8.72. The summed E-state index contributed by atoms with van der Waals surface area (Å²) in [6, 6.07) is 0. The average Bonchev–Trinajstić information content (AvgIpc) is 3.06. The van der Waals surface area contributed by atoms with Crippen LogP contribution in [0, 0.1) is 11.3 Å². The normalized spacial score (nSPS) is 22.9. The Morgan fingerprint density at radius 1 is 1.29 bits per heavy atom. The van der Waals surface area contributed by atoms with Gasteiger partial charge in [0.1, 0.15) is 0 Å². The molecule has 1 atom stereocenters. The molecule has 160 valence electrons. The van der Waals surface area contributed by atoms with Gasteiger partial charge in [0, 0.05) is 19.2 Å². The minimum absolute atomic E-state index is 0.0726. The smallest absolute Gasteiger partial charge is 0.256 e. The summed E-state index contributed by atoms with van der Waals surface area (Å²) in [5.74, 6) is 0.207. The van der Waals surface area contributed by atoms with Crippen molar-refractivity contribution in [2.45, 2.75) is 46.6 Å². The number of carbonyl (C=O) groups is 1. The number of H-pyrrole nitrogens is 1. The molecule has 0 radical (unpaired) electrons. The number of hydrogen-bond donors (Lipinski definition) is 2. The van der Waals surface area contributed by atoms with Crippen molar-refractivity contribution >= 4 is 12.1 Å². The zero-order valence-electron chi connectivity index (χ0n) is 18.5. The van der Waals surface area contributed by atoms with E-state index in [1.807, 2.05) is 11.0 Å². The van der Waals surface area contributed by atoms with Crippen molar-refractivity contribution in [1.29, 1.82) is 5.41 Å². The number of fused-ring (bicyclic) bond motifs is 1. The van der Waals surface area contributed by atoms with E-state index in [1.54, 1.807) is 6.33 Å². The molecule has 2 heterocycles. The molecular formula is C26H30N4O. The highest BCUT2D eigenvalue weighted by molar-refractivity contribution is 6.12. The van der Waals surface area contributed by atoms with Gasteiger partial charge < -0.3 is 15.3 Å². The quantitative estimate of drug-likeness (QED) is 0.540. The molecule has 0 aromatic carbocycles. The van der Waals surface area contributed by atoms with Gasteiger partial charge in [-0.1, -0.05) is 54.5 Å². The summed E-state index contributed by atoms with van der Waals surface area (Å²) in [6.07, 6.45) is 18.3. The van der Waals surface area contributed by atoms with Crippen LogP contribution in [0.15, 0.2) is 76.2 Å². The lowest BCUT2D eigenvalue weighted by Gasteiger charge is -2.27. The Balaban J connectivity index is 1.60.